The van der Waals surface area contributed by atoms with E-state index in [2.05, 4.69) is 5.32 Å². The van der Waals surface area contributed by atoms with E-state index in [0.29, 0.717) is 12.8 Å². The van der Waals surface area contributed by atoms with Crippen molar-refractivity contribution >= 4 is 12.0 Å². The monoisotopic (exact) mass is 430 g/mol. The van der Waals surface area contributed by atoms with E-state index in [0.717, 1.165) is 31.2 Å². The minimum atomic E-state index is -0.959. The van der Waals surface area contributed by atoms with Gasteiger partial charge in [0.05, 0.1) is 12.1 Å². The Bertz CT molecular complexity index is 771. The van der Waals surface area contributed by atoms with Gasteiger partial charge in [-0.2, -0.15) is 0 Å². The van der Waals surface area contributed by atoms with Gasteiger partial charge in [0.15, 0.2) is 0 Å². The molecule has 2 amide bonds. The topological polar surface area (TPSA) is 78.9 Å². The van der Waals surface area contributed by atoms with Crippen LogP contribution in [0.1, 0.15) is 72.3 Å². The quantitative estimate of drug-likeness (QED) is 0.702. The van der Waals surface area contributed by atoms with E-state index in [9.17, 15) is 14.7 Å². The molecule has 0 spiro atoms. The summed E-state index contributed by atoms with van der Waals surface area (Å²) in [6.07, 6.45) is 4.14. The van der Waals surface area contributed by atoms with Crippen LogP contribution in [0.25, 0.3) is 0 Å². The molecule has 172 valence electrons. The molecule has 2 fully saturated rings. The van der Waals surface area contributed by atoms with E-state index in [1.165, 1.54) is 4.90 Å². The Hall–Kier alpha value is -2.08. The number of rotatable bonds is 5. The summed E-state index contributed by atoms with van der Waals surface area (Å²) in [4.78, 5) is 26.7. The number of benzene rings is 1. The molecule has 1 aliphatic carbocycles. The predicted molar refractivity (Wildman–Crippen MR) is 121 cm³/mol. The van der Waals surface area contributed by atoms with Gasteiger partial charge in [-0.25, -0.2) is 4.79 Å². The van der Waals surface area contributed by atoms with Crippen LogP contribution < -0.4 is 5.32 Å². The Labute approximate surface area is 186 Å². The molecule has 6 nitrogen and oxygen atoms in total. The zero-order valence-corrected chi connectivity index (χ0v) is 19.6. The first-order valence-electron chi connectivity index (χ1n) is 11.5. The van der Waals surface area contributed by atoms with E-state index in [1.807, 2.05) is 65.0 Å². The number of carboxylic acid groups (broad SMARTS) is 1. The maximum Gasteiger partial charge on any atom is 0.409 e. The van der Waals surface area contributed by atoms with Crippen molar-refractivity contribution in [3.63, 3.8) is 0 Å². The van der Waals surface area contributed by atoms with Crippen molar-refractivity contribution in [3.05, 3.63) is 35.9 Å². The Balaban J connectivity index is 1.82. The van der Waals surface area contributed by atoms with Gasteiger partial charge < -0.3 is 15.2 Å². The zero-order chi connectivity index (χ0) is 22.8. The van der Waals surface area contributed by atoms with Crippen molar-refractivity contribution in [1.29, 1.82) is 0 Å². The largest absolute Gasteiger partial charge is 0.465 e. The van der Waals surface area contributed by atoms with Gasteiger partial charge in [0, 0.05) is 11.5 Å². The van der Waals surface area contributed by atoms with Crippen molar-refractivity contribution in [2.24, 2.45) is 11.8 Å². The number of hydrogen-bond acceptors (Lipinski definition) is 3. The molecule has 3 rings (SSSR count). The lowest BCUT2D eigenvalue weighted by Gasteiger charge is -2.35. The molecule has 4 unspecified atom stereocenters. The average molecular weight is 431 g/mol. The second-order valence-corrected chi connectivity index (χ2v) is 10.6. The number of carbonyl (C=O) groups is 2. The summed E-state index contributed by atoms with van der Waals surface area (Å²) in [6, 6.07) is 9.70. The fraction of sp³-hybridized carbons (Fsp3) is 0.680. The van der Waals surface area contributed by atoms with Gasteiger partial charge in [-0.3, -0.25) is 9.69 Å². The number of carbonyl (C=O) groups excluding carboxylic acids is 1. The van der Waals surface area contributed by atoms with Gasteiger partial charge >= 0.3 is 6.09 Å². The van der Waals surface area contributed by atoms with Crippen molar-refractivity contribution in [1.82, 2.24) is 10.2 Å². The van der Waals surface area contributed by atoms with Crippen molar-refractivity contribution in [2.45, 2.75) is 96.6 Å². The van der Waals surface area contributed by atoms with Crippen molar-refractivity contribution in [2.75, 3.05) is 0 Å². The van der Waals surface area contributed by atoms with E-state index in [-0.39, 0.29) is 35.4 Å². The van der Waals surface area contributed by atoms with E-state index < -0.39 is 11.8 Å². The molecule has 6 heteroatoms. The SMILES string of the molecule is CC(C)(C)NC(=O)C1CCCCC1CC1OC(C)(C)N(C(=O)O)C1Cc1ccccc1. The summed E-state index contributed by atoms with van der Waals surface area (Å²) < 4.78 is 6.35. The Morgan fingerprint density at radius 1 is 1.16 bits per heavy atom. The molecule has 4 atom stereocenters. The maximum absolute atomic E-state index is 13.0. The first-order valence-corrected chi connectivity index (χ1v) is 11.5. The molecule has 0 aromatic heterocycles. The number of nitrogens with zero attached hydrogens (tertiary/aromatic N) is 1. The second-order valence-electron chi connectivity index (χ2n) is 10.6. The fourth-order valence-electron chi connectivity index (χ4n) is 5.32. The molecule has 1 saturated carbocycles. The summed E-state index contributed by atoms with van der Waals surface area (Å²) >= 11 is 0. The van der Waals surface area contributed by atoms with Crippen molar-refractivity contribution < 1.29 is 19.4 Å². The molecular formula is C25H38N2O4. The number of nitrogens with one attached hydrogen (secondary N) is 1. The van der Waals surface area contributed by atoms with Crippen molar-refractivity contribution in [3.8, 4) is 0 Å². The Morgan fingerprint density at radius 2 is 1.81 bits per heavy atom. The molecule has 2 aliphatic rings. The molecular weight excluding hydrogens is 392 g/mol. The Morgan fingerprint density at radius 3 is 2.42 bits per heavy atom. The number of ether oxygens (including phenoxy) is 1. The lowest BCUT2D eigenvalue weighted by Crippen LogP contribution is -2.49. The summed E-state index contributed by atoms with van der Waals surface area (Å²) in [5, 5.41) is 13.1. The van der Waals surface area contributed by atoms with Crippen LogP contribution >= 0.6 is 0 Å². The normalized spacial score (nSPS) is 28.4. The molecule has 1 aliphatic heterocycles. The molecule has 1 aromatic carbocycles. The lowest BCUT2D eigenvalue weighted by atomic mass is 9.74. The summed E-state index contributed by atoms with van der Waals surface area (Å²) in [5.41, 5.74) is -0.0648. The smallest absolute Gasteiger partial charge is 0.409 e. The van der Waals surface area contributed by atoms with Crippen LogP contribution in [-0.2, 0) is 16.0 Å². The van der Waals surface area contributed by atoms with E-state index >= 15 is 0 Å². The summed E-state index contributed by atoms with van der Waals surface area (Å²) in [7, 11) is 0. The highest BCUT2D eigenvalue weighted by atomic mass is 16.6. The van der Waals surface area contributed by atoms with Gasteiger partial charge in [0.1, 0.15) is 5.72 Å². The van der Waals surface area contributed by atoms with Crippen LogP contribution in [0.4, 0.5) is 4.79 Å². The third-order valence-corrected chi connectivity index (χ3v) is 6.55. The van der Waals surface area contributed by atoms with E-state index in [4.69, 9.17) is 4.74 Å². The second kappa shape index (κ2) is 9.19. The van der Waals surface area contributed by atoms with Gasteiger partial charge in [0.25, 0.3) is 0 Å². The van der Waals surface area contributed by atoms with Crippen LogP contribution in [-0.4, -0.2) is 45.4 Å². The molecule has 1 aromatic rings. The van der Waals surface area contributed by atoms with E-state index in [1.54, 1.807) is 0 Å². The third-order valence-electron chi connectivity index (χ3n) is 6.55. The number of amides is 2. The molecule has 31 heavy (non-hydrogen) atoms. The standard InChI is InChI=1S/C25H38N2O4/c1-24(2,3)26-22(28)19-14-10-9-13-18(19)16-21-20(15-17-11-7-6-8-12-17)27(23(29)30)25(4,5)31-21/h6-8,11-12,18-21H,9-10,13-16H2,1-5H3,(H,26,28)(H,29,30). The highest BCUT2D eigenvalue weighted by molar-refractivity contribution is 5.79. The van der Waals surface area contributed by atoms with Crippen LogP contribution in [0.5, 0.6) is 0 Å². The minimum absolute atomic E-state index is 0.0454. The van der Waals surface area contributed by atoms with Crippen LogP contribution in [0, 0.1) is 11.8 Å². The molecule has 1 saturated heterocycles. The highest BCUT2D eigenvalue weighted by Gasteiger charge is 2.51. The summed E-state index contributed by atoms with van der Waals surface area (Å²) in [5.74, 6) is 0.268. The fourth-order valence-corrected chi connectivity index (χ4v) is 5.32. The first kappa shape index (κ1) is 23.6. The molecule has 1 heterocycles. The molecule has 2 N–H and O–H groups in total. The third kappa shape index (κ3) is 5.79. The van der Waals surface area contributed by atoms with Crippen LogP contribution in [0.2, 0.25) is 0 Å². The van der Waals surface area contributed by atoms with Gasteiger partial charge in [-0.1, -0.05) is 43.2 Å². The van der Waals surface area contributed by atoms with Gasteiger partial charge in [-0.05, 0) is 71.8 Å². The van der Waals surface area contributed by atoms with Gasteiger partial charge in [-0.15, -0.1) is 0 Å². The highest BCUT2D eigenvalue weighted by Crippen LogP contribution is 2.41. The lowest BCUT2D eigenvalue weighted by molar-refractivity contribution is -0.130. The molecule has 0 bridgehead atoms. The first-order chi connectivity index (χ1) is 14.5. The number of hydrogen-bond donors (Lipinski definition) is 2. The zero-order valence-electron chi connectivity index (χ0n) is 19.6. The van der Waals surface area contributed by atoms with Gasteiger partial charge in [0.2, 0.25) is 5.91 Å². The predicted octanol–water partition coefficient (Wildman–Crippen LogP) is 4.82. The summed E-state index contributed by atoms with van der Waals surface area (Å²) in [6.45, 7) is 9.66. The minimum Gasteiger partial charge on any atom is -0.465 e. The molecule has 0 radical (unpaired) electrons. The maximum atomic E-state index is 13.0. The Kier molecular flexibility index (Phi) is 6.99. The van der Waals surface area contributed by atoms with Crippen LogP contribution in [0.3, 0.4) is 0 Å². The average Bonchev–Trinajstić information content (AvgIpc) is 2.91. The van der Waals surface area contributed by atoms with Crippen LogP contribution in [0.15, 0.2) is 30.3 Å².